The molecule has 0 aliphatic heterocycles. The average molecular weight is 251 g/mol. The third kappa shape index (κ3) is 2.31. The summed E-state index contributed by atoms with van der Waals surface area (Å²) in [5, 5.41) is 14.8. The zero-order valence-electron chi connectivity index (χ0n) is 11.5. The fourth-order valence-electron chi connectivity index (χ4n) is 3.10. The van der Waals surface area contributed by atoms with Crippen molar-refractivity contribution in [2.24, 2.45) is 11.1 Å². The normalized spacial score (nSPS) is 27.9. The molecule has 0 radical (unpaired) electrons. The van der Waals surface area contributed by atoms with Crippen molar-refractivity contribution >= 4 is 0 Å². The lowest BCUT2D eigenvalue weighted by molar-refractivity contribution is 0.0573. The standard InChI is InChI=1S/C14H25N3O/c1-3-11-8-12(17(4-2)16-11)9-14(10-15)7-5-6-13(14)18/h8,13,18H,3-7,9-10,15H2,1-2H3. The Hall–Kier alpha value is -0.870. The summed E-state index contributed by atoms with van der Waals surface area (Å²) in [4.78, 5) is 0. The van der Waals surface area contributed by atoms with Gasteiger partial charge in [0.05, 0.1) is 11.8 Å². The van der Waals surface area contributed by atoms with Gasteiger partial charge in [0, 0.05) is 24.2 Å². The first kappa shape index (κ1) is 13.6. The molecule has 3 N–H and O–H groups in total. The van der Waals surface area contributed by atoms with Gasteiger partial charge in [-0.25, -0.2) is 0 Å². The predicted molar refractivity (Wildman–Crippen MR) is 72.3 cm³/mol. The first-order valence-corrected chi connectivity index (χ1v) is 7.09. The van der Waals surface area contributed by atoms with Gasteiger partial charge in [0.25, 0.3) is 0 Å². The van der Waals surface area contributed by atoms with E-state index in [9.17, 15) is 5.11 Å². The second-order valence-electron chi connectivity index (χ2n) is 5.45. The number of aliphatic hydroxyl groups excluding tert-OH is 1. The van der Waals surface area contributed by atoms with Crippen LogP contribution >= 0.6 is 0 Å². The maximum atomic E-state index is 10.2. The molecule has 102 valence electrons. The third-order valence-corrected chi connectivity index (χ3v) is 4.37. The summed E-state index contributed by atoms with van der Waals surface area (Å²) in [7, 11) is 0. The molecule has 1 heterocycles. The number of hydrogen-bond acceptors (Lipinski definition) is 3. The maximum absolute atomic E-state index is 10.2. The van der Waals surface area contributed by atoms with Gasteiger partial charge in [-0.15, -0.1) is 0 Å². The van der Waals surface area contributed by atoms with Crippen LogP contribution in [0, 0.1) is 5.41 Å². The fourth-order valence-corrected chi connectivity index (χ4v) is 3.10. The number of nitrogens with zero attached hydrogens (tertiary/aromatic N) is 2. The van der Waals surface area contributed by atoms with Crippen LogP contribution in [0.1, 0.15) is 44.5 Å². The molecule has 2 atom stereocenters. The molecule has 1 aromatic rings. The van der Waals surface area contributed by atoms with Crippen molar-refractivity contribution in [2.45, 2.75) is 58.6 Å². The Morgan fingerprint density at radius 2 is 2.33 bits per heavy atom. The highest BCUT2D eigenvalue weighted by Gasteiger charge is 2.41. The van der Waals surface area contributed by atoms with E-state index in [1.54, 1.807) is 0 Å². The number of hydrogen-bond donors (Lipinski definition) is 2. The molecule has 1 aliphatic carbocycles. The Kier molecular flexibility index (Phi) is 4.07. The van der Waals surface area contributed by atoms with E-state index in [4.69, 9.17) is 5.73 Å². The van der Waals surface area contributed by atoms with Gasteiger partial charge in [0.15, 0.2) is 0 Å². The van der Waals surface area contributed by atoms with E-state index in [-0.39, 0.29) is 11.5 Å². The molecule has 2 unspecified atom stereocenters. The minimum atomic E-state index is -0.257. The van der Waals surface area contributed by atoms with Gasteiger partial charge in [0.1, 0.15) is 0 Å². The zero-order chi connectivity index (χ0) is 13.2. The highest BCUT2D eigenvalue weighted by molar-refractivity contribution is 5.14. The smallest absolute Gasteiger partial charge is 0.0624 e. The predicted octanol–water partition coefficient (Wildman–Crippen LogP) is 1.50. The van der Waals surface area contributed by atoms with Crippen molar-refractivity contribution in [1.82, 2.24) is 9.78 Å². The number of aromatic nitrogens is 2. The number of nitrogens with two attached hydrogens (primary N) is 1. The molecule has 0 bridgehead atoms. The summed E-state index contributed by atoms with van der Waals surface area (Å²) in [6.45, 7) is 5.67. The molecular weight excluding hydrogens is 226 g/mol. The van der Waals surface area contributed by atoms with Crippen molar-refractivity contribution in [3.8, 4) is 0 Å². The van der Waals surface area contributed by atoms with Crippen LogP contribution in [0.2, 0.25) is 0 Å². The van der Waals surface area contributed by atoms with E-state index in [2.05, 4.69) is 29.7 Å². The molecule has 0 amide bonds. The van der Waals surface area contributed by atoms with Crippen LogP contribution in [-0.4, -0.2) is 27.5 Å². The zero-order valence-corrected chi connectivity index (χ0v) is 11.5. The highest BCUT2D eigenvalue weighted by atomic mass is 16.3. The summed E-state index contributed by atoms with van der Waals surface area (Å²) >= 11 is 0. The average Bonchev–Trinajstić information content (AvgIpc) is 2.94. The van der Waals surface area contributed by atoms with Crippen molar-refractivity contribution in [3.63, 3.8) is 0 Å². The second-order valence-corrected chi connectivity index (χ2v) is 5.45. The van der Waals surface area contributed by atoms with Gasteiger partial charge in [-0.3, -0.25) is 4.68 Å². The minimum absolute atomic E-state index is 0.127. The molecule has 1 aromatic heterocycles. The molecule has 18 heavy (non-hydrogen) atoms. The summed E-state index contributed by atoms with van der Waals surface area (Å²) in [5.74, 6) is 0. The topological polar surface area (TPSA) is 64.1 Å². The Labute approximate surface area is 109 Å². The van der Waals surface area contributed by atoms with Gasteiger partial charge < -0.3 is 10.8 Å². The van der Waals surface area contributed by atoms with E-state index >= 15 is 0 Å². The maximum Gasteiger partial charge on any atom is 0.0624 e. The van der Waals surface area contributed by atoms with E-state index in [0.717, 1.165) is 44.3 Å². The summed E-state index contributed by atoms with van der Waals surface area (Å²) in [5.41, 5.74) is 8.18. The fraction of sp³-hybridized carbons (Fsp3) is 0.786. The highest BCUT2D eigenvalue weighted by Crippen LogP contribution is 2.40. The molecule has 1 saturated carbocycles. The van der Waals surface area contributed by atoms with Crippen LogP contribution in [0.4, 0.5) is 0 Å². The minimum Gasteiger partial charge on any atom is -0.392 e. The van der Waals surface area contributed by atoms with Crippen molar-refractivity contribution in [1.29, 1.82) is 0 Å². The van der Waals surface area contributed by atoms with E-state index in [0.29, 0.717) is 6.54 Å². The van der Waals surface area contributed by atoms with Crippen molar-refractivity contribution in [3.05, 3.63) is 17.5 Å². The Bertz CT molecular complexity index is 402. The van der Waals surface area contributed by atoms with Gasteiger partial charge in [-0.2, -0.15) is 5.10 Å². The molecule has 1 aliphatic rings. The lowest BCUT2D eigenvalue weighted by Gasteiger charge is -2.31. The molecular formula is C14H25N3O. The third-order valence-electron chi connectivity index (χ3n) is 4.37. The summed E-state index contributed by atoms with van der Waals surface area (Å²) < 4.78 is 2.06. The van der Waals surface area contributed by atoms with Crippen molar-refractivity contribution in [2.75, 3.05) is 6.54 Å². The first-order chi connectivity index (χ1) is 8.65. The molecule has 2 rings (SSSR count). The molecule has 1 fully saturated rings. The van der Waals surface area contributed by atoms with Crippen molar-refractivity contribution < 1.29 is 5.11 Å². The van der Waals surface area contributed by atoms with E-state index in [1.165, 1.54) is 5.69 Å². The van der Waals surface area contributed by atoms with Crippen LogP contribution in [0.3, 0.4) is 0 Å². The molecule has 4 nitrogen and oxygen atoms in total. The molecule has 4 heteroatoms. The molecule has 0 spiro atoms. The largest absolute Gasteiger partial charge is 0.392 e. The Morgan fingerprint density at radius 3 is 2.83 bits per heavy atom. The number of aryl methyl sites for hydroxylation is 2. The number of rotatable bonds is 5. The van der Waals surface area contributed by atoms with Crippen LogP contribution in [0.5, 0.6) is 0 Å². The first-order valence-electron chi connectivity index (χ1n) is 7.09. The summed E-state index contributed by atoms with van der Waals surface area (Å²) in [6.07, 6.45) is 4.55. The van der Waals surface area contributed by atoms with Gasteiger partial charge in [-0.05, 0) is 38.7 Å². The van der Waals surface area contributed by atoms with E-state index < -0.39 is 0 Å². The Morgan fingerprint density at radius 1 is 1.56 bits per heavy atom. The van der Waals surface area contributed by atoms with E-state index in [1.807, 2.05) is 0 Å². The monoisotopic (exact) mass is 251 g/mol. The van der Waals surface area contributed by atoms with Crippen LogP contribution in [-0.2, 0) is 19.4 Å². The van der Waals surface area contributed by atoms with Gasteiger partial charge in [0.2, 0.25) is 0 Å². The second kappa shape index (κ2) is 5.41. The van der Waals surface area contributed by atoms with Crippen LogP contribution in [0.15, 0.2) is 6.07 Å². The van der Waals surface area contributed by atoms with Gasteiger partial charge in [-0.1, -0.05) is 13.3 Å². The number of aliphatic hydroxyl groups is 1. The Balaban J connectivity index is 2.24. The van der Waals surface area contributed by atoms with Crippen LogP contribution in [0.25, 0.3) is 0 Å². The lowest BCUT2D eigenvalue weighted by atomic mass is 9.79. The lowest BCUT2D eigenvalue weighted by Crippen LogP contribution is -2.40. The molecule has 0 saturated heterocycles. The SMILES string of the molecule is CCc1cc(CC2(CN)CCCC2O)n(CC)n1. The van der Waals surface area contributed by atoms with Gasteiger partial charge >= 0.3 is 0 Å². The molecule has 0 aromatic carbocycles. The summed E-state index contributed by atoms with van der Waals surface area (Å²) in [6, 6.07) is 2.17. The quantitative estimate of drug-likeness (QED) is 0.833. The van der Waals surface area contributed by atoms with Crippen LogP contribution < -0.4 is 5.73 Å².